The van der Waals surface area contributed by atoms with Crippen molar-refractivity contribution in [3.05, 3.63) is 86.8 Å². The Balaban J connectivity index is 1.47. The largest absolute Gasteiger partial charge is 0.454 e. The summed E-state index contributed by atoms with van der Waals surface area (Å²) >= 11 is 0. The van der Waals surface area contributed by atoms with Crippen LogP contribution < -0.4 is 26.0 Å². The first-order valence-corrected chi connectivity index (χ1v) is 11.4. The highest BCUT2D eigenvalue weighted by molar-refractivity contribution is 5.77. The molecule has 0 saturated heterocycles. The Morgan fingerprint density at radius 1 is 1.09 bits per heavy atom. The van der Waals surface area contributed by atoms with Crippen molar-refractivity contribution in [2.45, 2.75) is 39.5 Å². The molecule has 3 heterocycles. The van der Waals surface area contributed by atoms with E-state index in [1.54, 1.807) is 23.0 Å². The minimum atomic E-state index is -0.585. The summed E-state index contributed by atoms with van der Waals surface area (Å²) < 4.78 is 14.8. The Labute approximate surface area is 200 Å². The van der Waals surface area contributed by atoms with Crippen molar-refractivity contribution in [2.24, 2.45) is 0 Å². The summed E-state index contributed by atoms with van der Waals surface area (Å²) in [6.07, 6.45) is 1.54. The van der Waals surface area contributed by atoms with Crippen LogP contribution in [0.25, 0.3) is 11.2 Å². The molecule has 0 aliphatic carbocycles. The zero-order chi connectivity index (χ0) is 24.5. The van der Waals surface area contributed by atoms with Gasteiger partial charge in [0, 0.05) is 6.54 Å². The van der Waals surface area contributed by atoms with E-state index in [0.717, 1.165) is 15.7 Å². The number of aromatic nitrogens is 4. The predicted octanol–water partition coefficient (Wildman–Crippen LogP) is 2.03. The molecule has 0 radical (unpaired) electrons. The van der Waals surface area contributed by atoms with Crippen molar-refractivity contribution in [1.29, 1.82) is 0 Å². The molecule has 1 N–H and O–H groups in total. The molecule has 2 aromatic carbocycles. The molecule has 5 rings (SSSR count). The minimum Gasteiger partial charge on any atom is -0.454 e. The van der Waals surface area contributed by atoms with E-state index in [2.05, 4.69) is 10.3 Å². The van der Waals surface area contributed by atoms with Crippen molar-refractivity contribution in [3.63, 3.8) is 0 Å². The smallest absolute Gasteiger partial charge is 0.333 e. The molecule has 0 unspecified atom stereocenters. The maximum atomic E-state index is 13.4. The Bertz CT molecular complexity index is 1520. The molecule has 180 valence electrons. The van der Waals surface area contributed by atoms with Gasteiger partial charge in [0.25, 0.3) is 5.56 Å². The fourth-order valence-corrected chi connectivity index (χ4v) is 4.22. The topological polar surface area (TPSA) is 109 Å². The highest BCUT2D eigenvalue weighted by atomic mass is 16.7. The van der Waals surface area contributed by atoms with E-state index in [0.29, 0.717) is 29.2 Å². The van der Waals surface area contributed by atoms with Crippen LogP contribution in [0.15, 0.2) is 64.4 Å². The third-order valence-electron chi connectivity index (χ3n) is 6.08. The summed E-state index contributed by atoms with van der Waals surface area (Å²) in [5.41, 5.74) is 1.16. The quantitative estimate of drug-likeness (QED) is 0.438. The molecular formula is C25H25N5O5. The van der Waals surface area contributed by atoms with Crippen molar-refractivity contribution in [1.82, 2.24) is 24.0 Å². The average molecular weight is 476 g/mol. The van der Waals surface area contributed by atoms with Crippen molar-refractivity contribution in [3.8, 4) is 11.5 Å². The zero-order valence-electron chi connectivity index (χ0n) is 19.4. The Morgan fingerprint density at radius 3 is 2.63 bits per heavy atom. The van der Waals surface area contributed by atoms with E-state index in [1.165, 1.54) is 4.57 Å². The van der Waals surface area contributed by atoms with Crippen LogP contribution in [0.4, 0.5) is 0 Å². The van der Waals surface area contributed by atoms with E-state index in [9.17, 15) is 14.4 Å². The summed E-state index contributed by atoms with van der Waals surface area (Å²) in [7, 11) is 0. The number of aryl methyl sites for hydroxylation is 1. The van der Waals surface area contributed by atoms with Gasteiger partial charge in [-0.15, -0.1) is 0 Å². The number of benzene rings is 2. The highest BCUT2D eigenvalue weighted by Crippen LogP contribution is 2.34. The van der Waals surface area contributed by atoms with E-state index >= 15 is 0 Å². The molecule has 35 heavy (non-hydrogen) atoms. The molecule has 1 aliphatic rings. The summed E-state index contributed by atoms with van der Waals surface area (Å²) in [4.78, 5) is 44.0. The molecule has 4 aromatic rings. The molecule has 0 saturated carbocycles. The number of carbonyl (C=O) groups excluding carboxylic acids is 1. The van der Waals surface area contributed by atoms with Crippen LogP contribution in [0, 0.1) is 0 Å². The first kappa shape index (κ1) is 22.5. The number of imidazole rings is 1. The van der Waals surface area contributed by atoms with Crippen LogP contribution in [0.5, 0.6) is 11.5 Å². The monoisotopic (exact) mass is 475 g/mol. The second kappa shape index (κ2) is 9.13. The van der Waals surface area contributed by atoms with Gasteiger partial charge in [0.2, 0.25) is 12.7 Å². The van der Waals surface area contributed by atoms with Crippen molar-refractivity contribution in [2.75, 3.05) is 6.79 Å². The maximum Gasteiger partial charge on any atom is 0.333 e. The fourth-order valence-electron chi connectivity index (χ4n) is 4.22. The second-order valence-electron chi connectivity index (χ2n) is 8.35. The number of rotatable bonds is 7. The van der Waals surface area contributed by atoms with Gasteiger partial charge in [0.1, 0.15) is 6.54 Å². The van der Waals surface area contributed by atoms with Gasteiger partial charge in [-0.1, -0.05) is 36.4 Å². The average Bonchev–Trinajstić information content (AvgIpc) is 3.51. The number of amides is 1. The van der Waals surface area contributed by atoms with E-state index in [-0.39, 0.29) is 19.4 Å². The lowest BCUT2D eigenvalue weighted by molar-refractivity contribution is -0.122. The third kappa shape index (κ3) is 4.18. The van der Waals surface area contributed by atoms with E-state index in [4.69, 9.17) is 9.47 Å². The van der Waals surface area contributed by atoms with Crippen LogP contribution in [0.1, 0.15) is 31.0 Å². The van der Waals surface area contributed by atoms with Crippen LogP contribution >= 0.6 is 0 Å². The standard InChI is InChI=1S/C25H25N5O5/c1-3-28-14-26-23-22(28)24(32)30(25(33)29(23)12-17-7-5-4-6-8-17)13-21(31)27-16(2)18-9-10-19-20(11-18)35-15-34-19/h4-11,14,16H,3,12-13,15H2,1-2H3,(H,27,31)/t16-/m0/s1. The van der Waals surface area contributed by atoms with Gasteiger partial charge >= 0.3 is 5.69 Å². The number of nitrogens with zero attached hydrogens (tertiary/aromatic N) is 4. The van der Waals surface area contributed by atoms with Gasteiger partial charge in [-0.3, -0.25) is 14.2 Å². The number of hydrogen-bond donors (Lipinski definition) is 1. The first-order chi connectivity index (χ1) is 17.0. The molecule has 0 bridgehead atoms. The predicted molar refractivity (Wildman–Crippen MR) is 129 cm³/mol. The summed E-state index contributed by atoms with van der Waals surface area (Å²) in [6.45, 7) is 4.19. The van der Waals surface area contributed by atoms with Crippen LogP contribution in [0.3, 0.4) is 0 Å². The normalized spacial score (nSPS) is 13.2. The number of hydrogen-bond acceptors (Lipinski definition) is 6. The van der Waals surface area contributed by atoms with Crippen LogP contribution in [-0.2, 0) is 24.4 Å². The number of nitrogens with one attached hydrogen (secondary N) is 1. The third-order valence-corrected chi connectivity index (χ3v) is 6.08. The lowest BCUT2D eigenvalue weighted by atomic mass is 10.1. The highest BCUT2D eigenvalue weighted by Gasteiger charge is 2.21. The Kier molecular flexibility index (Phi) is 5.86. The molecule has 1 atom stereocenters. The molecule has 10 nitrogen and oxygen atoms in total. The Hall–Kier alpha value is -4.34. The molecule has 0 spiro atoms. The zero-order valence-corrected chi connectivity index (χ0v) is 19.4. The second-order valence-corrected chi connectivity index (χ2v) is 8.35. The van der Waals surface area contributed by atoms with Crippen LogP contribution in [0.2, 0.25) is 0 Å². The first-order valence-electron chi connectivity index (χ1n) is 11.4. The van der Waals surface area contributed by atoms with Gasteiger partial charge in [-0.2, -0.15) is 0 Å². The fraction of sp³-hybridized carbons (Fsp3) is 0.280. The molecular weight excluding hydrogens is 450 g/mol. The summed E-state index contributed by atoms with van der Waals surface area (Å²) in [5, 5.41) is 2.86. The SMILES string of the molecule is CCn1cnc2c1c(=O)n(CC(=O)N[C@@H](C)c1ccc3c(c1)OCO3)c(=O)n2Cc1ccccc1. The Morgan fingerprint density at radius 2 is 1.86 bits per heavy atom. The van der Waals surface area contributed by atoms with Gasteiger partial charge in [-0.05, 0) is 37.1 Å². The number of fused-ring (bicyclic) bond motifs is 2. The molecule has 10 heteroatoms. The van der Waals surface area contributed by atoms with Gasteiger partial charge in [0.15, 0.2) is 22.7 Å². The van der Waals surface area contributed by atoms with Crippen molar-refractivity contribution >= 4 is 17.1 Å². The van der Waals surface area contributed by atoms with Gasteiger partial charge < -0.3 is 19.4 Å². The molecule has 0 fully saturated rings. The van der Waals surface area contributed by atoms with E-state index in [1.807, 2.05) is 50.2 Å². The van der Waals surface area contributed by atoms with Gasteiger partial charge in [0.05, 0.1) is 18.9 Å². The summed E-state index contributed by atoms with van der Waals surface area (Å²) in [6, 6.07) is 14.5. The van der Waals surface area contributed by atoms with Gasteiger partial charge in [-0.25, -0.2) is 14.3 Å². The number of carbonyl (C=O) groups is 1. The lowest BCUT2D eigenvalue weighted by Gasteiger charge is -2.16. The van der Waals surface area contributed by atoms with Crippen molar-refractivity contribution < 1.29 is 14.3 Å². The molecule has 2 aromatic heterocycles. The van der Waals surface area contributed by atoms with E-state index < -0.39 is 23.7 Å². The molecule has 1 amide bonds. The minimum absolute atomic E-state index is 0.161. The van der Waals surface area contributed by atoms with Crippen LogP contribution in [-0.4, -0.2) is 31.4 Å². The molecule has 1 aliphatic heterocycles. The lowest BCUT2D eigenvalue weighted by Crippen LogP contribution is -2.44. The maximum absolute atomic E-state index is 13.4. The summed E-state index contributed by atoms with van der Waals surface area (Å²) in [5.74, 6) is 0.808. The number of ether oxygens (including phenoxy) is 2.